The molecule has 106 valence electrons. The Morgan fingerprint density at radius 3 is 2.89 bits per heavy atom. The molecule has 2 saturated carbocycles. The standard InChI is InChI=1S/C13H23N5S/c1-2-14-10-7-8-12(9-10)19-13-15-16-17-18(13)11-5-3-4-6-11/h10-12,14H,2-9H2,1H3. The number of nitrogens with zero attached hydrogens (tertiary/aromatic N) is 4. The van der Waals surface area contributed by atoms with Gasteiger partial charge in [-0.2, -0.15) is 0 Å². The molecule has 2 fully saturated rings. The first-order valence-corrected chi connectivity index (χ1v) is 8.42. The van der Waals surface area contributed by atoms with Crippen molar-refractivity contribution < 1.29 is 0 Å². The zero-order chi connectivity index (χ0) is 13.1. The highest BCUT2D eigenvalue weighted by molar-refractivity contribution is 7.99. The first kappa shape index (κ1) is 13.4. The molecular weight excluding hydrogens is 258 g/mol. The maximum atomic E-state index is 4.24. The number of rotatable bonds is 5. The van der Waals surface area contributed by atoms with Crippen LogP contribution in [0.4, 0.5) is 0 Å². The van der Waals surface area contributed by atoms with Gasteiger partial charge in [-0.3, -0.25) is 0 Å². The summed E-state index contributed by atoms with van der Waals surface area (Å²) in [5.41, 5.74) is 0. The lowest BCUT2D eigenvalue weighted by Gasteiger charge is -2.14. The molecule has 6 heteroatoms. The first-order valence-electron chi connectivity index (χ1n) is 7.54. The van der Waals surface area contributed by atoms with Crippen LogP contribution in [0.3, 0.4) is 0 Å². The molecule has 2 aliphatic carbocycles. The average Bonchev–Trinajstić information content (AvgIpc) is 3.11. The molecule has 1 N–H and O–H groups in total. The van der Waals surface area contributed by atoms with Crippen molar-refractivity contribution in [1.82, 2.24) is 25.5 Å². The number of tetrazole rings is 1. The maximum Gasteiger partial charge on any atom is 0.209 e. The molecule has 2 atom stereocenters. The van der Waals surface area contributed by atoms with E-state index in [0.29, 0.717) is 17.3 Å². The highest BCUT2D eigenvalue weighted by Gasteiger charge is 2.28. The molecule has 2 unspecified atom stereocenters. The Morgan fingerprint density at radius 2 is 2.11 bits per heavy atom. The van der Waals surface area contributed by atoms with E-state index in [4.69, 9.17) is 0 Å². The van der Waals surface area contributed by atoms with Crippen LogP contribution >= 0.6 is 11.8 Å². The third-order valence-electron chi connectivity index (χ3n) is 4.28. The van der Waals surface area contributed by atoms with Crippen LogP contribution in [-0.4, -0.2) is 38.0 Å². The molecule has 1 aromatic rings. The fourth-order valence-electron chi connectivity index (χ4n) is 3.31. The van der Waals surface area contributed by atoms with Gasteiger partial charge in [0.2, 0.25) is 5.16 Å². The Balaban J connectivity index is 1.59. The van der Waals surface area contributed by atoms with E-state index in [1.807, 2.05) is 11.8 Å². The van der Waals surface area contributed by atoms with Gasteiger partial charge in [-0.1, -0.05) is 31.5 Å². The minimum atomic E-state index is 0.545. The van der Waals surface area contributed by atoms with Crippen molar-refractivity contribution >= 4 is 11.8 Å². The summed E-state index contributed by atoms with van der Waals surface area (Å²) in [5, 5.41) is 17.6. The fraction of sp³-hybridized carbons (Fsp3) is 0.923. The van der Waals surface area contributed by atoms with E-state index in [0.717, 1.165) is 11.7 Å². The molecular formula is C13H23N5S. The van der Waals surface area contributed by atoms with Crippen LogP contribution in [0.15, 0.2) is 5.16 Å². The number of thioether (sulfide) groups is 1. The molecule has 0 amide bonds. The van der Waals surface area contributed by atoms with Crippen LogP contribution in [0.1, 0.15) is 57.9 Å². The van der Waals surface area contributed by atoms with Crippen molar-refractivity contribution in [3.8, 4) is 0 Å². The van der Waals surface area contributed by atoms with E-state index in [1.165, 1.54) is 44.9 Å². The van der Waals surface area contributed by atoms with E-state index < -0.39 is 0 Å². The van der Waals surface area contributed by atoms with Crippen molar-refractivity contribution in [3.05, 3.63) is 0 Å². The van der Waals surface area contributed by atoms with Gasteiger partial charge in [0.05, 0.1) is 6.04 Å². The minimum Gasteiger partial charge on any atom is -0.314 e. The Labute approximate surface area is 118 Å². The van der Waals surface area contributed by atoms with Gasteiger partial charge in [-0.05, 0) is 49.1 Å². The van der Waals surface area contributed by atoms with Crippen molar-refractivity contribution in [2.24, 2.45) is 0 Å². The smallest absolute Gasteiger partial charge is 0.209 e. The third kappa shape index (κ3) is 3.11. The van der Waals surface area contributed by atoms with Gasteiger partial charge in [-0.25, -0.2) is 4.68 Å². The Kier molecular flexibility index (Phi) is 4.38. The summed E-state index contributed by atoms with van der Waals surface area (Å²) < 4.78 is 2.08. The molecule has 3 rings (SSSR count). The second-order valence-electron chi connectivity index (χ2n) is 5.65. The van der Waals surface area contributed by atoms with Crippen molar-refractivity contribution in [3.63, 3.8) is 0 Å². The van der Waals surface area contributed by atoms with Crippen LogP contribution in [0.2, 0.25) is 0 Å². The van der Waals surface area contributed by atoms with Crippen LogP contribution < -0.4 is 5.32 Å². The predicted molar refractivity (Wildman–Crippen MR) is 76.3 cm³/mol. The lowest BCUT2D eigenvalue weighted by molar-refractivity contribution is 0.422. The maximum absolute atomic E-state index is 4.24. The van der Waals surface area contributed by atoms with Crippen molar-refractivity contribution in [2.45, 2.75) is 74.4 Å². The van der Waals surface area contributed by atoms with Crippen LogP contribution in [0, 0.1) is 0 Å². The molecule has 0 aliphatic heterocycles. The molecule has 0 bridgehead atoms. The summed E-state index contributed by atoms with van der Waals surface area (Å²) in [5.74, 6) is 0. The zero-order valence-corrected chi connectivity index (χ0v) is 12.4. The number of hydrogen-bond acceptors (Lipinski definition) is 5. The van der Waals surface area contributed by atoms with Gasteiger partial charge < -0.3 is 5.32 Å². The summed E-state index contributed by atoms with van der Waals surface area (Å²) >= 11 is 1.89. The Morgan fingerprint density at radius 1 is 1.26 bits per heavy atom. The van der Waals surface area contributed by atoms with E-state index in [-0.39, 0.29) is 0 Å². The zero-order valence-electron chi connectivity index (χ0n) is 11.6. The van der Waals surface area contributed by atoms with Gasteiger partial charge in [0.1, 0.15) is 0 Å². The topological polar surface area (TPSA) is 55.6 Å². The SMILES string of the molecule is CCNC1CCC(Sc2nnnn2C2CCCC2)C1. The molecule has 1 heterocycles. The van der Waals surface area contributed by atoms with Gasteiger partial charge in [0.25, 0.3) is 0 Å². The monoisotopic (exact) mass is 281 g/mol. The van der Waals surface area contributed by atoms with Crippen molar-refractivity contribution in [1.29, 1.82) is 0 Å². The van der Waals surface area contributed by atoms with Crippen LogP contribution in [0.5, 0.6) is 0 Å². The molecule has 5 nitrogen and oxygen atoms in total. The summed E-state index contributed by atoms with van der Waals surface area (Å²) in [4.78, 5) is 0. The van der Waals surface area contributed by atoms with E-state index in [1.54, 1.807) is 0 Å². The molecule has 19 heavy (non-hydrogen) atoms. The van der Waals surface area contributed by atoms with E-state index >= 15 is 0 Å². The van der Waals surface area contributed by atoms with Crippen LogP contribution in [0.25, 0.3) is 0 Å². The highest BCUT2D eigenvalue weighted by Crippen LogP contribution is 2.37. The van der Waals surface area contributed by atoms with Gasteiger partial charge in [0, 0.05) is 11.3 Å². The first-order chi connectivity index (χ1) is 9.36. The normalized spacial score (nSPS) is 28.3. The van der Waals surface area contributed by atoms with Crippen LogP contribution in [-0.2, 0) is 0 Å². The Bertz CT molecular complexity index is 401. The highest BCUT2D eigenvalue weighted by atomic mass is 32.2. The summed E-state index contributed by atoms with van der Waals surface area (Å²) in [7, 11) is 0. The lowest BCUT2D eigenvalue weighted by atomic mass is 10.2. The van der Waals surface area contributed by atoms with Gasteiger partial charge in [-0.15, -0.1) is 5.10 Å². The summed E-state index contributed by atoms with van der Waals surface area (Å²) in [6.45, 7) is 3.25. The second-order valence-corrected chi connectivity index (χ2v) is 6.92. The third-order valence-corrected chi connectivity index (χ3v) is 5.52. The molecule has 0 spiro atoms. The number of aromatic nitrogens is 4. The minimum absolute atomic E-state index is 0.545. The summed E-state index contributed by atoms with van der Waals surface area (Å²) in [6.07, 6.45) is 8.93. The predicted octanol–water partition coefficient (Wildman–Crippen LogP) is 2.41. The molecule has 1 aromatic heterocycles. The largest absolute Gasteiger partial charge is 0.314 e. The molecule has 0 radical (unpaired) electrons. The lowest BCUT2D eigenvalue weighted by Crippen LogP contribution is -2.26. The molecule has 0 aromatic carbocycles. The van der Waals surface area contributed by atoms with E-state index in [2.05, 4.69) is 32.4 Å². The van der Waals surface area contributed by atoms with Gasteiger partial charge >= 0.3 is 0 Å². The van der Waals surface area contributed by atoms with E-state index in [9.17, 15) is 0 Å². The Hall–Kier alpha value is -0.620. The number of nitrogens with one attached hydrogen (secondary N) is 1. The second kappa shape index (κ2) is 6.22. The van der Waals surface area contributed by atoms with Gasteiger partial charge in [0.15, 0.2) is 0 Å². The summed E-state index contributed by atoms with van der Waals surface area (Å²) in [6, 6.07) is 1.24. The number of hydrogen-bond donors (Lipinski definition) is 1. The fourth-order valence-corrected chi connectivity index (χ4v) is 4.57. The molecule has 2 aliphatic rings. The molecule has 0 saturated heterocycles. The average molecular weight is 281 g/mol. The van der Waals surface area contributed by atoms with Crippen molar-refractivity contribution in [2.75, 3.05) is 6.54 Å². The quantitative estimate of drug-likeness (QED) is 0.898.